The fourth-order valence-electron chi connectivity index (χ4n) is 2.12. The minimum atomic E-state index is -0.0658. The highest BCUT2D eigenvalue weighted by Crippen LogP contribution is 2.27. The Morgan fingerprint density at radius 2 is 2.29 bits per heavy atom. The van der Waals surface area contributed by atoms with E-state index in [1.807, 2.05) is 6.07 Å². The van der Waals surface area contributed by atoms with Crippen molar-refractivity contribution in [1.29, 1.82) is 0 Å². The lowest BCUT2D eigenvalue weighted by Crippen LogP contribution is -2.05. The predicted octanol–water partition coefficient (Wildman–Crippen LogP) is 3.98. The van der Waals surface area contributed by atoms with Crippen LogP contribution < -0.4 is 0 Å². The number of nitrogens with zero attached hydrogens (tertiary/aromatic N) is 3. The Bertz CT molecular complexity index is 734. The first-order valence-electron chi connectivity index (χ1n) is 6.43. The quantitative estimate of drug-likeness (QED) is 0.677. The molecular weight excluding hydrogens is 331 g/mol. The molecule has 3 rings (SSSR count). The van der Waals surface area contributed by atoms with Gasteiger partial charge in [-0.15, -0.1) is 0 Å². The van der Waals surface area contributed by atoms with E-state index in [9.17, 15) is 0 Å². The third-order valence-electron chi connectivity index (χ3n) is 3.16. The fourth-order valence-corrected chi connectivity index (χ4v) is 2.62. The zero-order valence-corrected chi connectivity index (χ0v) is 13.3. The van der Waals surface area contributed by atoms with Gasteiger partial charge in [-0.2, -0.15) is 14.9 Å². The molecule has 1 saturated heterocycles. The summed E-state index contributed by atoms with van der Waals surface area (Å²) in [5.41, 5.74) is 0.825. The van der Waals surface area contributed by atoms with Gasteiger partial charge < -0.3 is 4.74 Å². The second kappa shape index (κ2) is 6.27. The highest BCUT2D eigenvalue weighted by atomic mass is 35.5. The molecule has 1 atom stereocenters. The van der Waals surface area contributed by atoms with E-state index in [1.54, 1.807) is 23.0 Å². The number of ether oxygens (including phenoxy) is 1. The summed E-state index contributed by atoms with van der Waals surface area (Å²) in [5.74, 6) is 0.689. The average molecular weight is 343 g/mol. The van der Waals surface area contributed by atoms with Crippen molar-refractivity contribution in [2.24, 2.45) is 5.10 Å². The standard InChI is InChI=1S/C13H12Cl2N4OS/c14-9-4-3-8(6-10(9)15)7-16-19-12(17-18-13(19)21)11-2-1-5-20-11/h3-4,6-7,11H,1-2,5H2,(H,18,21)/b16-7-/t11-/m0/s1. The number of H-pyrrole nitrogens is 1. The van der Waals surface area contributed by atoms with Gasteiger partial charge in [-0.05, 0) is 42.8 Å². The summed E-state index contributed by atoms with van der Waals surface area (Å²) < 4.78 is 7.62. The summed E-state index contributed by atoms with van der Waals surface area (Å²) in [6, 6.07) is 5.29. The SMILES string of the molecule is S=c1[nH]nc([C@@H]2CCCO2)n1/N=C\c1ccc(Cl)c(Cl)c1. The first-order valence-corrected chi connectivity index (χ1v) is 7.60. The van der Waals surface area contributed by atoms with E-state index in [0.717, 1.165) is 25.0 Å². The van der Waals surface area contributed by atoms with Crippen molar-refractivity contribution >= 4 is 41.6 Å². The van der Waals surface area contributed by atoms with Crippen LogP contribution in [0, 0.1) is 4.77 Å². The lowest BCUT2D eigenvalue weighted by Gasteiger charge is -2.07. The van der Waals surface area contributed by atoms with Gasteiger partial charge in [0.15, 0.2) is 5.82 Å². The number of halogens is 2. The fraction of sp³-hybridized carbons (Fsp3) is 0.308. The number of hydrogen-bond donors (Lipinski definition) is 1. The normalized spacial score (nSPS) is 18.7. The highest BCUT2D eigenvalue weighted by molar-refractivity contribution is 7.71. The van der Waals surface area contributed by atoms with E-state index in [0.29, 0.717) is 20.6 Å². The van der Waals surface area contributed by atoms with Crippen molar-refractivity contribution in [2.45, 2.75) is 18.9 Å². The van der Waals surface area contributed by atoms with Crippen molar-refractivity contribution in [1.82, 2.24) is 14.9 Å². The van der Waals surface area contributed by atoms with Gasteiger partial charge in [-0.3, -0.25) is 5.10 Å². The Morgan fingerprint density at radius 3 is 3.00 bits per heavy atom. The van der Waals surface area contributed by atoms with Crippen LogP contribution in [0.2, 0.25) is 10.0 Å². The molecule has 21 heavy (non-hydrogen) atoms. The molecule has 5 nitrogen and oxygen atoms in total. The number of aromatic nitrogens is 3. The monoisotopic (exact) mass is 342 g/mol. The molecule has 110 valence electrons. The van der Waals surface area contributed by atoms with Crippen LogP contribution >= 0.6 is 35.4 Å². The number of benzene rings is 1. The second-order valence-electron chi connectivity index (χ2n) is 4.62. The molecule has 1 fully saturated rings. The van der Waals surface area contributed by atoms with Gasteiger partial charge in [0, 0.05) is 6.61 Å². The molecule has 1 aliphatic rings. The van der Waals surface area contributed by atoms with Crippen LogP contribution in [-0.2, 0) is 4.74 Å². The summed E-state index contributed by atoms with van der Waals surface area (Å²) in [6.07, 6.45) is 3.53. The lowest BCUT2D eigenvalue weighted by atomic mass is 10.2. The first-order chi connectivity index (χ1) is 10.1. The summed E-state index contributed by atoms with van der Waals surface area (Å²) in [5, 5.41) is 12.3. The van der Waals surface area contributed by atoms with Crippen molar-refractivity contribution in [3.8, 4) is 0 Å². The Kier molecular flexibility index (Phi) is 4.40. The van der Waals surface area contributed by atoms with Crippen molar-refractivity contribution in [2.75, 3.05) is 6.61 Å². The Hall–Kier alpha value is -1.21. The molecule has 1 aromatic heterocycles. The summed E-state index contributed by atoms with van der Waals surface area (Å²) >= 11 is 17.1. The number of rotatable bonds is 3. The Labute approximate surface area is 136 Å². The Morgan fingerprint density at radius 1 is 1.43 bits per heavy atom. The van der Waals surface area contributed by atoms with Gasteiger partial charge in [-0.25, -0.2) is 0 Å². The summed E-state index contributed by atoms with van der Waals surface area (Å²) in [6.45, 7) is 0.737. The first kappa shape index (κ1) is 14.7. The van der Waals surface area contributed by atoms with Crippen LogP contribution in [0.25, 0.3) is 0 Å². The Balaban J connectivity index is 1.90. The smallest absolute Gasteiger partial charge is 0.216 e. The maximum absolute atomic E-state index is 5.98. The van der Waals surface area contributed by atoms with Gasteiger partial charge in [0.2, 0.25) is 4.77 Å². The predicted molar refractivity (Wildman–Crippen MR) is 84.8 cm³/mol. The van der Waals surface area contributed by atoms with Crippen LogP contribution in [-0.4, -0.2) is 27.7 Å². The van der Waals surface area contributed by atoms with Crippen molar-refractivity contribution in [3.05, 3.63) is 44.4 Å². The molecule has 0 saturated carbocycles. The molecule has 0 radical (unpaired) electrons. The van der Waals surface area contributed by atoms with Crippen molar-refractivity contribution in [3.63, 3.8) is 0 Å². The van der Waals surface area contributed by atoms with Gasteiger partial charge >= 0.3 is 0 Å². The van der Waals surface area contributed by atoms with Crippen LogP contribution in [0.4, 0.5) is 0 Å². The van der Waals surface area contributed by atoms with Gasteiger partial charge in [-0.1, -0.05) is 29.3 Å². The minimum absolute atomic E-state index is 0.0658. The second-order valence-corrected chi connectivity index (χ2v) is 5.82. The molecule has 8 heteroatoms. The minimum Gasteiger partial charge on any atom is -0.370 e. The largest absolute Gasteiger partial charge is 0.370 e. The van der Waals surface area contributed by atoms with E-state index >= 15 is 0 Å². The van der Waals surface area contributed by atoms with Crippen LogP contribution in [0.3, 0.4) is 0 Å². The van der Waals surface area contributed by atoms with Gasteiger partial charge in [0.25, 0.3) is 0 Å². The van der Waals surface area contributed by atoms with E-state index in [4.69, 9.17) is 40.2 Å². The van der Waals surface area contributed by atoms with E-state index in [2.05, 4.69) is 15.3 Å². The molecule has 0 unspecified atom stereocenters. The molecule has 0 bridgehead atoms. The van der Waals surface area contributed by atoms with Gasteiger partial charge in [0.05, 0.1) is 16.3 Å². The molecule has 0 spiro atoms. The third kappa shape index (κ3) is 3.18. The molecule has 0 aliphatic carbocycles. The maximum atomic E-state index is 5.98. The molecule has 2 aromatic rings. The average Bonchev–Trinajstić information content (AvgIpc) is 3.10. The third-order valence-corrected chi connectivity index (χ3v) is 4.16. The number of nitrogens with one attached hydrogen (secondary N) is 1. The molecule has 2 heterocycles. The number of aromatic amines is 1. The van der Waals surface area contributed by atoms with E-state index < -0.39 is 0 Å². The maximum Gasteiger partial charge on any atom is 0.216 e. The number of hydrogen-bond acceptors (Lipinski definition) is 4. The van der Waals surface area contributed by atoms with Crippen LogP contribution in [0.15, 0.2) is 23.3 Å². The molecule has 1 aliphatic heterocycles. The molecule has 1 aromatic carbocycles. The van der Waals surface area contributed by atoms with Crippen molar-refractivity contribution < 1.29 is 4.74 Å². The molecular formula is C13H12Cl2N4OS. The topological polar surface area (TPSA) is 55.2 Å². The van der Waals surface area contributed by atoms with E-state index in [1.165, 1.54) is 0 Å². The van der Waals surface area contributed by atoms with Crippen LogP contribution in [0.5, 0.6) is 0 Å². The zero-order valence-electron chi connectivity index (χ0n) is 10.9. The zero-order chi connectivity index (χ0) is 14.8. The summed E-state index contributed by atoms with van der Waals surface area (Å²) in [4.78, 5) is 0. The lowest BCUT2D eigenvalue weighted by molar-refractivity contribution is 0.102. The summed E-state index contributed by atoms with van der Waals surface area (Å²) in [7, 11) is 0. The van der Waals surface area contributed by atoms with Crippen LogP contribution in [0.1, 0.15) is 30.3 Å². The molecule has 1 N–H and O–H groups in total. The highest BCUT2D eigenvalue weighted by Gasteiger charge is 2.23. The molecule has 0 amide bonds. The van der Waals surface area contributed by atoms with E-state index in [-0.39, 0.29) is 6.10 Å². The van der Waals surface area contributed by atoms with Gasteiger partial charge in [0.1, 0.15) is 6.10 Å².